The van der Waals surface area contributed by atoms with Gasteiger partial charge in [0.25, 0.3) is 0 Å². The zero-order valence-corrected chi connectivity index (χ0v) is 23.6. The van der Waals surface area contributed by atoms with Crippen LogP contribution in [0, 0.1) is 0 Å². The summed E-state index contributed by atoms with van der Waals surface area (Å²) in [6.45, 7) is 3.68. The summed E-state index contributed by atoms with van der Waals surface area (Å²) in [6.07, 6.45) is 0. The van der Waals surface area contributed by atoms with Crippen LogP contribution in [0.25, 0.3) is 0 Å². The highest BCUT2D eigenvalue weighted by molar-refractivity contribution is 7.98. The number of Topliss-reactive ketones (excluding diaryl/α,β-unsaturated/α-hetero) is 1. The van der Waals surface area contributed by atoms with Crippen molar-refractivity contribution in [2.75, 3.05) is 5.32 Å². The topological polar surface area (TPSA) is 69.0 Å². The molecule has 0 aliphatic carbocycles. The number of ketones is 1. The third-order valence-electron chi connectivity index (χ3n) is 6.17. The quantitative estimate of drug-likeness (QED) is 0.211. The van der Waals surface area contributed by atoms with E-state index >= 15 is 0 Å². The van der Waals surface area contributed by atoms with Gasteiger partial charge in [-0.1, -0.05) is 83.0 Å². The van der Waals surface area contributed by atoms with Gasteiger partial charge in [0.05, 0.1) is 0 Å². The number of nitrogens with zero attached hydrogens (tertiary/aromatic N) is 3. The summed E-state index contributed by atoms with van der Waals surface area (Å²) in [7, 11) is 0. The second-order valence-electron chi connectivity index (χ2n) is 8.72. The molecule has 5 rings (SSSR count). The van der Waals surface area contributed by atoms with Gasteiger partial charge in [-0.05, 0) is 55.3 Å². The Hall–Kier alpha value is -2.97. The second-order valence-corrected chi connectivity index (χ2v) is 10.9. The van der Waals surface area contributed by atoms with E-state index in [-0.39, 0.29) is 12.4 Å². The van der Waals surface area contributed by atoms with Crippen molar-refractivity contribution in [1.82, 2.24) is 14.8 Å². The average molecular weight is 586 g/mol. The smallest absolute Gasteiger partial charge is 0.227 e. The number of ether oxygens (including phenoxy) is 1. The number of benzene rings is 3. The van der Waals surface area contributed by atoms with Crippen LogP contribution in [0.15, 0.2) is 83.2 Å². The molecule has 0 bridgehead atoms. The van der Waals surface area contributed by atoms with Crippen molar-refractivity contribution >= 4 is 58.3 Å². The standard InChI is InChI=1S/C28H23Cl3N4O2S/c1-16-25(17(2)36)26(18-10-12-20(13-11-18)37-14-21-23(30)8-5-9-24(21)31)35-27(32-16)33-28(34-35)38-15-19-6-3-4-7-22(19)29/h3-13,26H,14-15H2,1-2H3,(H,32,33,34). The first-order valence-electron chi connectivity index (χ1n) is 11.8. The number of halogens is 3. The lowest BCUT2D eigenvalue weighted by Gasteiger charge is -2.28. The summed E-state index contributed by atoms with van der Waals surface area (Å²) in [6, 6.07) is 20.2. The van der Waals surface area contributed by atoms with Crippen molar-refractivity contribution in [3.8, 4) is 5.75 Å². The first-order valence-corrected chi connectivity index (χ1v) is 13.9. The summed E-state index contributed by atoms with van der Waals surface area (Å²) < 4.78 is 7.70. The molecule has 10 heteroatoms. The van der Waals surface area contributed by atoms with E-state index < -0.39 is 6.04 Å². The van der Waals surface area contributed by atoms with Gasteiger partial charge in [-0.25, -0.2) is 4.68 Å². The minimum absolute atomic E-state index is 0.0416. The summed E-state index contributed by atoms with van der Waals surface area (Å²) in [5.74, 6) is 1.81. The van der Waals surface area contributed by atoms with Crippen LogP contribution in [0.4, 0.5) is 5.95 Å². The van der Waals surface area contributed by atoms with Crippen LogP contribution < -0.4 is 10.1 Å². The Morgan fingerprint density at radius 3 is 2.37 bits per heavy atom. The van der Waals surface area contributed by atoms with Crippen LogP contribution in [0.2, 0.25) is 15.1 Å². The van der Waals surface area contributed by atoms with Crippen LogP contribution >= 0.6 is 46.6 Å². The third kappa shape index (κ3) is 5.57. The Morgan fingerprint density at radius 2 is 1.68 bits per heavy atom. The van der Waals surface area contributed by atoms with Gasteiger partial charge in [0.2, 0.25) is 11.1 Å². The van der Waals surface area contributed by atoms with Crippen LogP contribution in [0.1, 0.15) is 36.6 Å². The molecule has 0 fully saturated rings. The Bertz CT molecular complexity index is 1520. The number of aromatic nitrogens is 3. The molecule has 1 atom stereocenters. The van der Waals surface area contributed by atoms with Crippen molar-refractivity contribution in [3.63, 3.8) is 0 Å². The summed E-state index contributed by atoms with van der Waals surface area (Å²) >= 11 is 20.3. The minimum Gasteiger partial charge on any atom is -0.489 e. The summed E-state index contributed by atoms with van der Waals surface area (Å²) in [5.41, 5.74) is 3.99. The highest BCUT2D eigenvalue weighted by atomic mass is 35.5. The monoisotopic (exact) mass is 584 g/mol. The Labute approximate surface area is 240 Å². The number of anilines is 1. The normalized spacial score (nSPS) is 14.7. The molecular weight excluding hydrogens is 563 g/mol. The molecule has 1 N–H and O–H groups in total. The van der Waals surface area contributed by atoms with E-state index in [4.69, 9.17) is 44.6 Å². The number of hydrogen-bond donors (Lipinski definition) is 1. The molecule has 1 unspecified atom stereocenters. The second kappa shape index (κ2) is 11.4. The van der Waals surface area contributed by atoms with Gasteiger partial charge < -0.3 is 10.1 Å². The number of allylic oxidation sites excluding steroid dienone is 2. The predicted octanol–water partition coefficient (Wildman–Crippen LogP) is 7.99. The number of carbonyl (C=O) groups is 1. The van der Waals surface area contributed by atoms with Crippen LogP contribution in [0.5, 0.6) is 5.75 Å². The molecule has 6 nitrogen and oxygen atoms in total. The van der Waals surface area contributed by atoms with E-state index in [0.717, 1.165) is 22.4 Å². The number of thioether (sulfide) groups is 1. The number of nitrogens with one attached hydrogen (secondary N) is 1. The first-order chi connectivity index (χ1) is 18.3. The van der Waals surface area contributed by atoms with Crippen LogP contribution in [0.3, 0.4) is 0 Å². The number of carbonyl (C=O) groups excluding carboxylic acids is 1. The highest BCUT2D eigenvalue weighted by Crippen LogP contribution is 2.37. The molecule has 38 heavy (non-hydrogen) atoms. The summed E-state index contributed by atoms with van der Waals surface area (Å²) in [4.78, 5) is 17.4. The molecule has 0 radical (unpaired) electrons. The van der Waals surface area contributed by atoms with Crippen LogP contribution in [-0.2, 0) is 17.2 Å². The zero-order valence-electron chi connectivity index (χ0n) is 20.5. The lowest BCUT2D eigenvalue weighted by atomic mass is 9.93. The average Bonchev–Trinajstić information content (AvgIpc) is 3.29. The predicted molar refractivity (Wildman–Crippen MR) is 153 cm³/mol. The molecule has 0 saturated carbocycles. The molecule has 0 amide bonds. The number of fused-ring (bicyclic) bond motifs is 1. The van der Waals surface area contributed by atoms with E-state index in [1.165, 1.54) is 11.8 Å². The molecule has 4 aromatic rings. The maximum atomic E-state index is 12.7. The van der Waals surface area contributed by atoms with Crippen molar-refractivity contribution in [1.29, 1.82) is 0 Å². The molecule has 0 saturated heterocycles. The first kappa shape index (κ1) is 26.6. The van der Waals surface area contributed by atoms with Gasteiger partial charge >= 0.3 is 0 Å². The molecule has 2 heterocycles. The zero-order chi connectivity index (χ0) is 26.8. The molecule has 1 aliphatic rings. The fourth-order valence-corrected chi connectivity index (χ4v) is 5.91. The fourth-order valence-electron chi connectivity index (χ4n) is 4.29. The Balaban J connectivity index is 1.40. The Kier molecular flexibility index (Phi) is 8.00. The van der Waals surface area contributed by atoms with Crippen molar-refractivity contribution in [2.24, 2.45) is 0 Å². The number of hydrogen-bond acceptors (Lipinski definition) is 6. The maximum absolute atomic E-state index is 12.7. The van der Waals surface area contributed by atoms with E-state index in [0.29, 0.717) is 43.2 Å². The van der Waals surface area contributed by atoms with Gasteiger partial charge in [-0.3, -0.25) is 4.79 Å². The van der Waals surface area contributed by atoms with E-state index in [9.17, 15) is 4.79 Å². The third-order valence-corrected chi connectivity index (χ3v) is 8.13. The van der Waals surface area contributed by atoms with Gasteiger partial charge in [0.1, 0.15) is 18.4 Å². The SMILES string of the molecule is CC(=O)C1=C(C)Nc2nc(SCc3ccccc3Cl)nn2C1c1ccc(OCc2c(Cl)cccc2Cl)cc1. The van der Waals surface area contributed by atoms with Gasteiger partial charge in [0, 0.05) is 37.7 Å². The Morgan fingerprint density at radius 1 is 1.00 bits per heavy atom. The van der Waals surface area contributed by atoms with E-state index in [1.54, 1.807) is 29.8 Å². The van der Waals surface area contributed by atoms with Crippen molar-refractivity contribution in [2.45, 2.75) is 37.4 Å². The molecule has 1 aliphatic heterocycles. The molecule has 0 spiro atoms. The van der Waals surface area contributed by atoms with Gasteiger partial charge in [-0.15, -0.1) is 5.10 Å². The van der Waals surface area contributed by atoms with Crippen LogP contribution in [-0.4, -0.2) is 20.5 Å². The molecule has 1 aromatic heterocycles. The van der Waals surface area contributed by atoms with Crippen molar-refractivity contribution in [3.05, 3.63) is 110 Å². The van der Waals surface area contributed by atoms with Crippen molar-refractivity contribution < 1.29 is 9.53 Å². The number of rotatable bonds is 8. The highest BCUT2D eigenvalue weighted by Gasteiger charge is 2.32. The largest absolute Gasteiger partial charge is 0.489 e. The maximum Gasteiger partial charge on any atom is 0.227 e. The molecular formula is C28H23Cl3N4O2S. The summed E-state index contributed by atoms with van der Waals surface area (Å²) in [5, 5.41) is 10.4. The van der Waals surface area contributed by atoms with Gasteiger partial charge in [0.15, 0.2) is 5.78 Å². The van der Waals surface area contributed by atoms with E-state index in [2.05, 4.69) is 10.3 Å². The fraction of sp³-hybridized carbons (Fsp3) is 0.179. The minimum atomic E-state index is -0.432. The van der Waals surface area contributed by atoms with Gasteiger partial charge in [-0.2, -0.15) is 4.98 Å². The molecule has 194 valence electrons. The lowest BCUT2D eigenvalue weighted by Crippen LogP contribution is -2.27. The molecule has 3 aromatic carbocycles. The van der Waals surface area contributed by atoms with E-state index in [1.807, 2.05) is 55.5 Å². The lowest BCUT2D eigenvalue weighted by molar-refractivity contribution is -0.114.